The summed E-state index contributed by atoms with van der Waals surface area (Å²) in [6.07, 6.45) is 0.415. The molecule has 0 heterocycles. The molecule has 1 unspecified atom stereocenters. The fourth-order valence-electron chi connectivity index (χ4n) is 2.95. The highest BCUT2D eigenvalue weighted by atomic mass is 16.5. The van der Waals surface area contributed by atoms with Crippen LogP contribution in [0.3, 0.4) is 0 Å². The van der Waals surface area contributed by atoms with Crippen LogP contribution >= 0.6 is 0 Å². The fraction of sp³-hybridized carbons (Fsp3) is 0.579. The number of esters is 1. The Balaban J connectivity index is 3.01. The van der Waals surface area contributed by atoms with E-state index in [0.29, 0.717) is 13.0 Å². The average Bonchev–Trinajstić information content (AvgIpc) is 2.51. The van der Waals surface area contributed by atoms with Crippen molar-refractivity contribution in [2.45, 2.75) is 53.7 Å². The number of carbonyl (C=O) groups excluding carboxylic acids is 2. The van der Waals surface area contributed by atoms with Gasteiger partial charge in [0.25, 0.3) is 0 Å². The van der Waals surface area contributed by atoms with E-state index in [-0.39, 0.29) is 18.9 Å². The molecule has 0 aliphatic heterocycles. The second kappa shape index (κ2) is 9.42. The van der Waals surface area contributed by atoms with Crippen molar-refractivity contribution in [3.05, 3.63) is 34.4 Å². The standard InChI is InChI=1S/C19H29NO4/c1-7-18(23-6)20(12-19(22)24-8-2)17(21)11-16-14(4)9-13(3)10-15(16)5/h9-10,18H,7-8,11-12H2,1-6H3. The summed E-state index contributed by atoms with van der Waals surface area (Å²) in [7, 11) is 1.54. The van der Waals surface area contributed by atoms with Crippen LogP contribution < -0.4 is 0 Å². The van der Waals surface area contributed by atoms with Crippen molar-refractivity contribution in [1.29, 1.82) is 0 Å². The molecule has 0 bridgehead atoms. The number of nitrogens with zero attached hydrogens (tertiary/aromatic N) is 1. The third-order valence-electron chi connectivity index (χ3n) is 4.06. The number of hydrogen-bond acceptors (Lipinski definition) is 4. The highest BCUT2D eigenvalue weighted by Gasteiger charge is 2.26. The van der Waals surface area contributed by atoms with E-state index in [2.05, 4.69) is 12.1 Å². The molecule has 0 aromatic heterocycles. The highest BCUT2D eigenvalue weighted by molar-refractivity contribution is 5.84. The lowest BCUT2D eigenvalue weighted by molar-refractivity contribution is -0.157. The minimum absolute atomic E-state index is 0.0943. The summed E-state index contributed by atoms with van der Waals surface area (Å²) in [6, 6.07) is 4.14. The normalized spacial score (nSPS) is 11.9. The van der Waals surface area contributed by atoms with Gasteiger partial charge in [0.1, 0.15) is 12.8 Å². The van der Waals surface area contributed by atoms with Crippen LogP contribution in [-0.2, 0) is 25.5 Å². The van der Waals surface area contributed by atoms with Crippen LogP contribution in [-0.4, -0.2) is 43.3 Å². The van der Waals surface area contributed by atoms with E-state index in [1.165, 1.54) is 10.5 Å². The van der Waals surface area contributed by atoms with Gasteiger partial charge in [-0.25, -0.2) is 0 Å². The minimum atomic E-state index is -0.437. The van der Waals surface area contributed by atoms with Crippen molar-refractivity contribution in [3.63, 3.8) is 0 Å². The van der Waals surface area contributed by atoms with Crippen LogP contribution in [0.4, 0.5) is 0 Å². The maximum absolute atomic E-state index is 12.8. The number of aryl methyl sites for hydroxylation is 3. The summed E-state index contributed by atoms with van der Waals surface area (Å²) in [5.41, 5.74) is 4.35. The first-order valence-corrected chi connectivity index (χ1v) is 8.38. The van der Waals surface area contributed by atoms with Gasteiger partial charge in [0, 0.05) is 7.11 Å². The van der Waals surface area contributed by atoms with Crippen molar-refractivity contribution in [2.75, 3.05) is 20.3 Å². The third kappa shape index (κ3) is 5.34. The predicted molar refractivity (Wildman–Crippen MR) is 93.8 cm³/mol. The number of benzene rings is 1. The first-order valence-electron chi connectivity index (χ1n) is 8.38. The van der Waals surface area contributed by atoms with Crippen molar-refractivity contribution < 1.29 is 19.1 Å². The zero-order valence-electron chi connectivity index (χ0n) is 15.6. The lowest BCUT2D eigenvalue weighted by Gasteiger charge is -2.29. The molecule has 0 aliphatic carbocycles. The smallest absolute Gasteiger partial charge is 0.325 e. The Labute approximate surface area is 144 Å². The van der Waals surface area contributed by atoms with Crippen molar-refractivity contribution >= 4 is 11.9 Å². The molecule has 1 aromatic rings. The van der Waals surface area contributed by atoms with E-state index in [1.807, 2.05) is 27.7 Å². The van der Waals surface area contributed by atoms with Crippen LogP contribution in [0.1, 0.15) is 42.5 Å². The summed E-state index contributed by atoms with van der Waals surface area (Å²) in [5.74, 6) is -0.550. The average molecular weight is 335 g/mol. The first-order chi connectivity index (χ1) is 11.3. The number of carbonyl (C=O) groups is 2. The lowest BCUT2D eigenvalue weighted by atomic mass is 9.97. The van der Waals surface area contributed by atoms with Gasteiger partial charge in [0.2, 0.25) is 5.91 Å². The van der Waals surface area contributed by atoms with Gasteiger partial charge in [0.15, 0.2) is 0 Å². The maximum atomic E-state index is 12.8. The van der Waals surface area contributed by atoms with E-state index < -0.39 is 12.2 Å². The molecule has 1 rings (SSSR count). The predicted octanol–water partition coefficient (Wildman–Crippen LogP) is 2.93. The molecule has 1 aromatic carbocycles. The van der Waals surface area contributed by atoms with Crippen molar-refractivity contribution in [2.24, 2.45) is 0 Å². The molecular weight excluding hydrogens is 306 g/mol. The summed E-state index contributed by atoms with van der Waals surface area (Å²) >= 11 is 0. The summed E-state index contributed by atoms with van der Waals surface area (Å²) in [4.78, 5) is 26.2. The Hall–Kier alpha value is -1.88. The number of rotatable bonds is 8. The van der Waals surface area contributed by atoms with E-state index >= 15 is 0 Å². The molecule has 5 heteroatoms. The van der Waals surface area contributed by atoms with Gasteiger partial charge < -0.3 is 14.4 Å². The lowest BCUT2D eigenvalue weighted by Crippen LogP contribution is -2.45. The van der Waals surface area contributed by atoms with Crippen LogP contribution in [0.25, 0.3) is 0 Å². The molecule has 5 nitrogen and oxygen atoms in total. The Morgan fingerprint density at radius 1 is 1.12 bits per heavy atom. The summed E-state index contributed by atoms with van der Waals surface area (Å²) in [5, 5.41) is 0. The topological polar surface area (TPSA) is 55.8 Å². The number of amides is 1. The van der Waals surface area contributed by atoms with Crippen LogP contribution in [0.15, 0.2) is 12.1 Å². The zero-order chi connectivity index (χ0) is 18.3. The Morgan fingerprint density at radius 3 is 2.17 bits per heavy atom. The van der Waals surface area contributed by atoms with Crippen LogP contribution in [0.5, 0.6) is 0 Å². The molecule has 24 heavy (non-hydrogen) atoms. The summed E-state index contributed by atoms with van der Waals surface area (Å²) in [6.45, 7) is 9.91. The fourth-order valence-corrected chi connectivity index (χ4v) is 2.95. The third-order valence-corrected chi connectivity index (χ3v) is 4.06. The molecule has 1 atom stereocenters. The quantitative estimate of drug-likeness (QED) is 0.541. The second-order valence-corrected chi connectivity index (χ2v) is 5.98. The van der Waals surface area contributed by atoms with Crippen LogP contribution in [0.2, 0.25) is 0 Å². The van der Waals surface area contributed by atoms with E-state index in [9.17, 15) is 9.59 Å². The largest absolute Gasteiger partial charge is 0.465 e. The molecule has 0 N–H and O–H groups in total. The molecule has 0 spiro atoms. The monoisotopic (exact) mass is 335 g/mol. The molecular formula is C19H29NO4. The van der Waals surface area contributed by atoms with Gasteiger partial charge in [-0.2, -0.15) is 0 Å². The minimum Gasteiger partial charge on any atom is -0.465 e. The van der Waals surface area contributed by atoms with Crippen LogP contribution in [0, 0.1) is 20.8 Å². The van der Waals surface area contributed by atoms with E-state index in [4.69, 9.17) is 9.47 Å². The molecule has 0 saturated heterocycles. The molecule has 0 saturated carbocycles. The SMILES string of the molecule is CCOC(=O)CN(C(=O)Cc1c(C)cc(C)cc1C)C(CC)OC. The van der Waals surface area contributed by atoms with Gasteiger partial charge in [-0.05, 0) is 50.8 Å². The number of hydrogen-bond donors (Lipinski definition) is 0. The Morgan fingerprint density at radius 2 is 1.71 bits per heavy atom. The molecule has 0 fully saturated rings. The Bertz CT molecular complexity index is 556. The van der Waals surface area contributed by atoms with E-state index in [0.717, 1.165) is 16.7 Å². The zero-order valence-corrected chi connectivity index (χ0v) is 15.6. The highest BCUT2D eigenvalue weighted by Crippen LogP contribution is 2.19. The first kappa shape index (κ1) is 20.2. The van der Waals surface area contributed by atoms with Gasteiger partial charge in [0.05, 0.1) is 13.0 Å². The van der Waals surface area contributed by atoms with Gasteiger partial charge >= 0.3 is 5.97 Å². The Kier molecular flexibility index (Phi) is 7.92. The van der Waals surface area contributed by atoms with Crippen molar-refractivity contribution in [3.8, 4) is 0 Å². The number of ether oxygens (including phenoxy) is 2. The second-order valence-electron chi connectivity index (χ2n) is 5.98. The molecule has 0 radical (unpaired) electrons. The summed E-state index contributed by atoms with van der Waals surface area (Å²) < 4.78 is 10.4. The maximum Gasteiger partial charge on any atom is 0.325 e. The van der Waals surface area contributed by atoms with Gasteiger partial charge in [-0.15, -0.1) is 0 Å². The molecule has 0 aliphatic rings. The van der Waals surface area contributed by atoms with Gasteiger partial charge in [-0.3, -0.25) is 9.59 Å². The molecule has 1 amide bonds. The van der Waals surface area contributed by atoms with Gasteiger partial charge in [-0.1, -0.05) is 24.6 Å². The van der Waals surface area contributed by atoms with Crippen molar-refractivity contribution in [1.82, 2.24) is 4.90 Å². The molecule has 134 valence electrons. The van der Waals surface area contributed by atoms with E-state index in [1.54, 1.807) is 14.0 Å². The number of methoxy groups -OCH3 is 1.